The predicted molar refractivity (Wildman–Crippen MR) is 50.7 cm³/mol. The molecule has 74 valence electrons. The molecular weight excluding hydrogens is 226 g/mol. The molecule has 0 aromatic heterocycles. The number of carbonyl (C=O) groups excluding carboxylic acids is 1. The zero-order valence-electron chi connectivity index (χ0n) is 6.95. The fourth-order valence-electron chi connectivity index (χ4n) is 1.45. The van der Waals surface area contributed by atoms with Crippen molar-refractivity contribution in [2.75, 3.05) is 0 Å². The van der Waals surface area contributed by atoms with E-state index in [0.717, 1.165) is 0 Å². The van der Waals surface area contributed by atoms with Crippen molar-refractivity contribution >= 4 is 25.6 Å². The number of amides is 1. The zero-order chi connectivity index (χ0) is 10.3. The SMILES string of the molecule is O=C1NCc2cccc(S(=O)(=O)Cl)c21. The number of hydrogen-bond donors (Lipinski definition) is 1. The van der Waals surface area contributed by atoms with E-state index in [2.05, 4.69) is 5.32 Å². The Morgan fingerprint density at radius 2 is 2.07 bits per heavy atom. The lowest BCUT2D eigenvalue weighted by Crippen LogP contribution is -2.14. The van der Waals surface area contributed by atoms with E-state index in [1.165, 1.54) is 6.07 Å². The third kappa shape index (κ3) is 1.38. The van der Waals surface area contributed by atoms with Crippen molar-refractivity contribution in [3.63, 3.8) is 0 Å². The molecule has 0 unspecified atom stereocenters. The van der Waals surface area contributed by atoms with Crippen molar-refractivity contribution in [3.05, 3.63) is 29.3 Å². The van der Waals surface area contributed by atoms with Crippen molar-refractivity contribution in [2.24, 2.45) is 0 Å². The fraction of sp³-hybridized carbons (Fsp3) is 0.125. The first kappa shape index (κ1) is 9.48. The molecule has 1 aromatic rings. The average Bonchev–Trinajstić information content (AvgIpc) is 2.46. The van der Waals surface area contributed by atoms with E-state index in [-0.39, 0.29) is 16.4 Å². The lowest BCUT2D eigenvalue weighted by atomic mass is 10.1. The molecule has 0 saturated carbocycles. The van der Waals surface area contributed by atoms with Crippen molar-refractivity contribution in [2.45, 2.75) is 11.4 Å². The van der Waals surface area contributed by atoms with Gasteiger partial charge in [0.25, 0.3) is 15.0 Å². The van der Waals surface area contributed by atoms with E-state index in [0.29, 0.717) is 12.1 Å². The molecule has 0 radical (unpaired) electrons. The fourth-order valence-corrected chi connectivity index (χ4v) is 2.54. The van der Waals surface area contributed by atoms with Crippen molar-refractivity contribution in [1.82, 2.24) is 5.32 Å². The number of fused-ring (bicyclic) bond motifs is 1. The number of halogens is 1. The largest absolute Gasteiger partial charge is 0.348 e. The highest BCUT2D eigenvalue weighted by molar-refractivity contribution is 8.13. The van der Waals surface area contributed by atoms with Gasteiger partial charge in [-0.3, -0.25) is 4.79 Å². The predicted octanol–water partition coefficient (Wildman–Crippen LogP) is 0.858. The number of carbonyl (C=O) groups is 1. The summed E-state index contributed by atoms with van der Waals surface area (Å²) in [6.45, 7) is 0.356. The maximum atomic E-state index is 11.3. The molecule has 0 fully saturated rings. The van der Waals surface area contributed by atoms with Gasteiger partial charge in [-0.15, -0.1) is 0 Å². The summed E-state index contributed by atoms with van der Waals surface area (Å²) in [5.41, 5.74) is 0.833. The second-order valence-electron chi connectivity index (χ2n) is 2.91. The Balaban J connectivity index is 2.76. The topological polar surface area (TPSA) is 63.2 Å². The third-order valence-electron chi connectivity index (χ3n) is 2.04. The van der Waals surface area contributed by atoms with Crippen LogP contribution >= 0.6 is 10.7 Å². The quantitative estimate of drug-likeness (QED) is 0.729. The van der Waals surface area contributed by atoms with Crippen LogP contribution in [-0.4, -0.2) is 14.3 Å². The molecule has 1 N–H and O–H groups in total. The number of benzene rings is 1. The normalized spacial score (nSPS) is 15.1. The lowest BCUT2D eigenvalue weighted by Gasteiger charge is -2.01. The first-order chi connectivity index (χ1) is 6.50. The van der Waals surface area contributed by atoms with Gasteiger partial charge in [0, 0.05) is 17.2 Å². The van der Waals surface area contributed by atoms with Gasteiger partial charge in [-0.2, -0.15) is 0 Å². The summed E-state index contributed by atoms with van der Waals surface area (Å²) in [6, 6.07) is 4.58. The standard InChI is InChI=1S/C8H6ClNO3S/c9-14(12,13)6-3-1-2-5-4-10-8(11)7(5)6/h1-3H,4H2,(H,10,11). The summed E-state index contributed by atoms with van der Waals surface area (Å²) >= 11 is 0. The summed E-state index contributed by atoms with van der Waals surface area (Å²) in [5.74, 6) is -0.389. The number of nitrogens with one attached hydrogen (secondary N) is 1. The molecule has 1 aliphatic rings. The van der Waals surface area contributed by atoms with Crippen LogP contribution in [0.15, 0.2) is 23.1 Å². The van der Waals surface area contributed by atoms with E-state index in [9.17, 15) is 13.2 Å². The minimum absolute atomic E-state index is 0.119. The van der Waals surface area contributed by atoms with Gasteiger partial charge in [0.2, 0.25) is 0 Å². The highest BCUT2D eigenvalue weighted by Crippen LogP contribution is 2.26. The van der Waals surface area contributed by atoms with Gasteiger partial charge in [-0.05, 0) is 11.6 Å². The molecule has 0 aliphatic carbocycles. The highest BCUT2D eigenvalue weighted by atomic mass is 35.7. The van der Waals surface area contributed by atoms with Crippen LogP contribution in [0.1, 0.15) is 15.9 Å². The molecule has 1 aromatic carbocycles. The number of hydrogen-bond acceptors (Lipinski definition) is 3. The van der Waals surface area contributed by atoms with E-state index >= 15 is 0 Å². The Kier molecular flexibility index (Phi) is 2.01. The van der Waals surface area contributed by atoms with Crippen LogP contribution in [0.3, 0.4) is 0 Å². The van der Waals surface area contributed by atoms with Gasteiger partial charge in [-0.25, -0.2) is 8.42 Å². The van der Waals surface area contributed by atoms with Crippen LogP contribution in [0.4, 0.5) is 0 Å². The maximum Gasteiger partial charge on any atom is 0.262 e. The van der Waals surface area contributed by atoms with Crippen LogP contribution in [-0.2, 0) is 15.6 Å². The monoisotopic (exact) mass is 231 g/mol. The summed E-state index contributed by atoms with van der Waals surface area (Å²) in [5, 5.41) is 2.54. The highest BCUT2D eigenvalue weighted by Gasteiger charge is 2.27. The van der Waals surface area contributed by atoms with Crippen molar-refractivity contribution in [1.29, 1.82) is 0 Å². The van der Waals surface area contributed by atoms with Crippen LogP contribution in [0.5, 0.6) is 0 Å². The lowest BCUT2D eigenvalue weighted by molar-refractivity contribution is 0.0963. The smallest absolute Gasteiger partial charge is 0.262 e. The van der Waals surface area contributed by atoms with Gasteiger partial charge in [-0.1, -0.05) is 12.1 Å². The first-order valence-electron chi connectivity index (χ1n) is 3.85. The Labute approximate surface area is 85.3 Å². The Morgan fingerprint density at radius 3 is 2.71 bits per heavy atom. The van der Waals surface area contributed by atoms with Crippen LogP contribution in [0.25, 0.3) is 0 Å². The minimum Gasteiger partial charge on any atom is -0.348 e. The third-order valence-corrected chi connectivity index (χ3v) is 3.41. The van der Waals surface area contributed by atoms with Gasteiger partial charge >= 0.3 is 0 Å². The second kappa shape index (κ2) is 2.96. The average molecular weight is 232 g/mol. The van der Waals surface area contributed by atoms with Gasteiger partial charge in [0.1, 0.15) is 0 Å². The molecule has 1 aliphatic heterocycles. The molecule has 0 atom stereocenters. The number of rotatable bonds is 1. The molecule has 14 heavy (non-hydrogen) atoms. The second-order valence-corrected chi connectivity index (χ2v) is 5.45. The Morgan fingerprint density at radius 1 is 1.36 bits per heavy atom. The molecule has 2 rings (SSSR count). The molecule has 6 heteroatoms. The Hall–Kier alpha value is -1.07. The molecular formula is C8H6ClNO3S. The van der Waals surface area contributed by atoms with Crippen LogP contribution < -0.4 is 5.32 Å². The summed E-state index contributed by atoms with van der Waals surface area (Å²) in [4.78, 5) is 11.2. The minimum atomic E-state index is -3.85. The Bertz CT molecular complexity index is 509. The van der Waals surface area contributed by atoms with Crippen molar-refractivity contribution < 1.29 is 13.2 Å². The molecule has 0 bridgehead atoms. The summed E-state index contributed by atoms with van der Waals surface area (Å²) in [7, 11) is 1.35. The molecule has 0 spiro atoms. The van der Waals surface area contributed by atoms with Crippen LogP contribution in [0, 0.1) is 0 Å². The van der Waals surface area contributed by atoms with E-state index in [1.54, 1.807) is 12.1 Å². The van der Waals surface area contributed by atoms with Crippen LogP contribution in [0.2, 0.25) is 0 Å². The first-order valence-corrected chi connectivity index (χ1v) is 6.16. The molecule has 1 amide bonds. The van der Waals surface area contributed by atoms with Gasteiger partial charge in [0.15, 0.2) is 0 Å². The summed E-state index contributed by atoms with van der Waals surface area (Å²) in [6.07, 6.45) is 0. The molecule has 0 saturated heterocycles. The van der Waals surface area contributed by atoms with Gasteiger partial charge < -0.3 is 5.32 Å². The zero-order valence-corrected chi connectivity index (χ0v) is 8.52. The van der Waals surface area contributed by atoms with Crippen molar-refractivity contribution in [3.8, 4) is 0 Å². The van der Waals surface area contributed by atoms with Gasteiger partial charge in [0.05, 0.1) is 10.5 Å². The molecule has 1 heterocycles. The molecule has 4 nitrogen and oxygen atoms in total. The van der Waals surface area contributed by atoms with E-state index < -0.39 is 9.05 Å². The van der Waals surface area contributed by atoms with E-state index in [4.69, 9.17) is 10.7 Å². The summed E-state index contributed by atoms with van der Waals surface area (Å²) < 4.78 is 22.2. The maximum absolute atomic E-state index is 11.3. The van der Waals surface area contributed by atoms with E-state index in [1.807, 2.05) is 0 Å².